The predicted octanol–water partition coefficient (Wildman–Crippen LogP) is 1.48. The van der Waals surface area contributed by atoms with Crippen LogP contribution in [0.4, 0.5) is 0 Å². The number of benzene rings is 1. The first kappa shape index (κ1) is 12.0. The van der Waals surface area contributed by atoms with Crippen LogP contribution in [0.3, 0.4) is 0 Å². The number of rotatable bonds is 5. The minimum atomic E-state index is -0.530. The Balaban J connectivity index is 2.32. The van der Waals surface area contributed by atoms with Gasteiger partial charge >= 0.3 is 0 Å². The zero-order chi connectivity index (χ0) is 11.3. The maximum Gasteiger partial charge on any atom is 0.234 e. The molecular weight excluding hydrogens is 212 g/mol. The Kier molecular flexibility index (Phi) is 4.59. The number of aryl methyl sites for hydroxylation is 1. The Hall–Kier alpha value is -1.06. The lowest BCUT2D eigenvalue weighted by atomic mass is 10.1. The van der Waals surface area contributed by atoms with Gasteiger partial charge in [-0.25, -0.2) is 0 Å². The van der Waals surface area contributed by atoms with Crippen molar-refractivity contribution in [3.05, 3.63) is 34.9 Å². The molecular formula is C11H15ClN2O. The van der Waals surface area contributed by atoms with Gasteiger partial charge in [-0.3, -0.25) is 4.79 Å². The summed E-state index contributed by atoms with van der Waals surface area (Å²) in [6.07, 6.45) is 2.36. The van der Waals surface area contributed by atoms with E-state index in [0.29, 0.717) is 6.42 Å². The summed E-state index contributed by atoms with van der Waals surface area (Å²) in [5.41, 5.74) is 11.8. The number of carbonyl (C=O) groups is 1. The van der Waals surface area contributed by atoms with E-state index < -0.39 is 11.9 Å². The standard InChI is InChI=1S/C11H15ClN2O/c12-9-6-4-8(5-7-9)2-1-3-10(13)11(14)15/h4-7,10H,1-3,13H2,(H2,14,15)/t10-/m0/s1. The lowest BCUT2D eigenvalue weighted by Gasteiger charge is -2.06. The maximum atomic E-state index is 10.7. The second-order valence-electron chi connectivity index (χ2n) is 3.53. The molecule has 0 spiro atoms. The van der Waals surface area contributed by atoms with E-state index in [0.717, 1.165) is 17.9 Å². The summed E-state index contributed by atoms with van der Waals surface area (Å²) in [4.78, 5) is 10.7. The van der Waals surface area contributed by atoms with Gasteiger partial charge in [0.1, 0.15) is 0 Å². The third kappa shape index (κ3) is 4.32. The molecule has 4 heteroatoms. The molecule has 0 aliphatic rings. The van der Waals surface area contributed by atoms with Crippen molar-refractivity contribution < 1.29 is 4.79 Å². The summed E-state index contributed by atoms with van der Waals surface area (Å²) in [6, 6.07) is 7.11. The highest BCUT2D eigenvalue weighted by atomic mass is 35.5. The van der Waals surface area contributed by atoms with E-state index in [-0.39, 0.29) is 0 Å². The zero-order valence-electron chi connectivity index (χ0n) is 8.45. The molecule has 1 aromatic rings. The van der Waals surface area contributed by atoms with Crippen LogP contribution in [0.25, 0.3) is 0 Å². The summed E-state index contributed by atoms with van der Waals surface area (Å²) in [5.74, 6) is -0.439. The fourth-order valence-corrected chi connectivity index (χ4v) is 1.45. The molecule has 4 N–H and O–H groups in total. The third-order valence-electron chi connectivity index (χ3n) is 2.26. The number of hydrogen-bond donors (Lipinski definition) is 2. The molecule has 0 fully saturated rings. The number of amides is 1. The fourth-order valence-electron chi connectivity index (χ4n) is 1.32. The second-order valence-corrected chi connectivity index (χ2v) is 3.96. The van der Waals surface area contributed by atoms with Gasteiger partial charge in [0, 0.05) is 5.02 Å². The molecule has 0 unspecified atom stereocenters. The maximum absolute atomic E-state index is 10.7. The molecule has 1 aromatic carbocycles. The minimum absolute atomic E-state index is 0.439. The first-order chi connectivity index (χ1) is 7.09. The Morgan fingerprint density at radius 2 is 1.93 bits per heavy atom. The monoisotopic (exact) mass is 226 g/mol. The lowest BCUT2D eigenvalue weighted by molar-refractivity contribution is -0.119. The van der Waals surface area contributed by atoms with Crippen molar-refractivity contribution >= 4 is 17.5 Å². The van der Waals surface area contributed by atoms with E-state index in [4.69, 9.17) is 23.1 Å². The zero-order valence-corrected chi connectivity index (χ0v) is 9.20. The molecule has 0 radical (unpaired) electrons. The van der Waals surface area contributed by atoms with Crippen molar-refractivity contribution in [2.45, 2.75) is 25.3 Å². The van der Waals surface area contributed by atoms with Gasteiger partial charge in [-0.1, -0.05) is 23.7 Å². The van der Waals surface area contributed by atoms with Crippen LogP contribution in [0.2, 0.25) is 5.02 Å². The van der Waals surface area contributed by atoms with Crippen molar-refractivity contribution in [3.8, 4) is 0 Å². The van der Waals surface area contributed by atoms with Gasteiger partial charge in [-0.05, 0) is 37.0 Å². The molecule has 15 heavy (non-hydrogen) atoms. The van der Waals surface area contributed by atoms with Gasteiger partial charge in [-0.15, -0.1) is 0 Å². The highest BCUT2D eigenvalue weighted by molar-refractivity contribution is 6.30. The summed E-state index contributed by atoms with van der Waals surface area (Å²) in [5, 5.41) is 0.729. The van der Waals surface area contributed by atoms with Crippen LogP contribution < -0.4 is 11.5 Å². The van der Waals surface area contributed by atoms with E-state index in [1.165, 1.54) is 5.56 Å². The average Bonchev–Trinajstić information content (AvgIpc) is 2.20. The molecule has 0 saturated heterocycles. The summed E-state index contributed by atoms with van der Waals surface area (Å²) in [7, 11) is 0. The molecule has 1 atom stereocenters. The van der Waals surface area contributed by atoms with Crippen LogP contribution in [0, 0.1) is 0 Å². The normalized spacial score (nSPS) is 12.4. The van der Waals surface area contributed by atoms with Crippen molar-refractivity contribution in [1.29, 1.82) is 0 Å². The van der Waals surface area contributed by atoms with Gasteiger partial charge in [0.25, 0.3) is 0 Å². The van der Waals surface area contributed by atoms with Gasteiger partial charge in [0.15, 0.2) is 0 Å². The number of halogens is 1. The first-order valence-electron chi connectivity index (χ1n) is 4.89. The SMILES string of the molecule is NC(=O)[C@@H](N)CCCc1ccc(Cl)cc1. The van der Waals surface area contributed by atoms with Crippen LogP contribution in [0.5, 0.6) is 0 Å². The molecule has 0 aliphatic carbocycles. The lowest BCUT2D eigenvalue weighted by Crippen LogP contribution is -2.36. The second kappa shape index (κ2) is 5.73. The van der Waals surface area contributed by atoms with Crippen LogP contribution in [-0.4, -0.2) is 11.9 Å². The smallest absolute Gasteiger partial charge is 0.234 e. The van der Waals surface area contributed by atoms with Gasteiger partial charge in [0.2, 0.25) is 5.91 Å². The van der Waals surface area contributed by atoms with Crippen molar-refractivity contribution in [2.75, 3.05) is 0 Å². The van der Waals surface area contributed by atoms with E-state index in [2.05, 4.69) is 0 Å². The number of hydrogen-bond acceptors (Lipinski definition) is 2. The van der Waals surface area contributed by atoms with E-state index >= 15 is 0 Å². The Morgan fingerprint density at radius 3 is 2.47 bits per heavy atom. The minimum Gasteiger partial charge on any atom is -0.368 e. The molecule has 82 valence electrons. The van der Waals surface area contributed by atoms with Crippen molar-refractivity contribution in [3.63, 3.8) is 0 Å². The number of carbonyl (C=O) groups excluding carboxylic acids is 1. The summed E-state index contributed by atoms with van der Waals surface area (Å²) >= 11 is 5.76. The highest BCUT2D eigenvalue weighted by Crippen LogP contribution is 2.11. The van der Waals surface area contributed by atoms with Crippen LogP contribution >= 0.6 is 11.6 Å². The molecule has 1 amide bonds. The molecule has 3 nitrogen and oxygen atoms in total. The molecule has 0 bridgehead atoms. The van der Waals surface area contributed by atoms with Crippen molar-refractivity contribution in [1.82, 2.24) is 0 Å². The molecule has 0 saturated carbocycles. The fraction of sp³-hybridized carbons (Fsp3) is 0.364. The Bertz CT molecular complexity index is 324. The topological polar surface area (TPSA) is 69.1 Å². The van der Waals surface area contributed by atoms with Crippen LogP contribution in [0.15, 0.2) is 24.3 Å². The first-order valence-corrected chi connectivity index (χ1v) is 5.26. The summed E-state index contributed by atoms with van der Waals surface area (Å²) < 4.78 is 0. The Labute approximate surface area is 94.4 Å². The molecule has 0 aromatic heterocycles. The number of primary amides is 1. The van der Waals surface area contributed by atoms with Gasteiger partial charge in [-0.2, -0.15) is 0 Å². The third-order valence-corrected chi connectivity index (χ3v) is 2.51. The Morgan fingerprint density at radius 1 is 1.33 bits per heavy atom. The van der Waals surface area contributed by atoms with E-state index in [1.54, 1.807) is 0 Å². The van der Waals surface area contributed by atoms with Crippen LogP contribution in [-0.2, 0) is 11.2 Å². The molecule has 0 heterocycles. The average molecular weight is 227 g/mol. The largest absolute Gasteiger partial charge is 0.368 e. The quantitative estimate of drug-likeness (QED) is 0.799. The van der Waals surface area contributed by atoms with Gasteiger partial charge < -0.3 is 11.5 Å². The van der Waals surface area contributed by atoms with E-state index in [9.17, 15) is 4.79 Å². The predicted molar refractivity (Wildman–Crippen MR) is 61.6 cm³/mol. The summed E-state index contributed by atoms with van der Waals surface area (Å²) in [6.45, 7) is 0. The van der Waals surface area contributed by atoms with Gasteiger partial charge in [0.05, 0.1) is 6.04 Å². The molecule has 1 rings (SSSR count). The van der Waals surface area contributed by atoms with Crippen molar-refractivity contribution in [2.24, 2.45) is 11.5 Å². The number of nitrogens with two attached hydrogens (primary N) is 2. The van der Waals surface area contributed by atoms with E-state index in [1.807, 2.05) is 24.3 Å². The molecule has 0 aliphatic heterocycles. The highest BCUT2D eigenvalue weighted by Gasteiger charge is 2.07. The van der Waals surface area contributed by atoms with Crippen LogP contribution in [0.1, 0.15) is 18.4 Å².